The van der Waals surface area contributed by atoms with E-state index >= 15 is 0 Å². The van der Waals surface area contributed by atoms with Gasteiger partial charge in [0.2, 0.25) is 11.8 Å². The zero-order valence-electron chi connectivity index (χ0n) is 18.4. The molecule has 0 aromatic heterocycles. The van der Waals surface area contributed by atoms with Crippen LogP contribution >= 0.6 is 12.4 Å². The Bertz CT molecular complexity index is 1040. The fraction of sp³-hybridized carbons (Fsp3) is 0.364. The molecule has 0 radical (unpaired) electrons. The van der Waals surface area contributed by atoms with Gasteiger partial charge in [0.05, 0.1) is 0 Å². The minimum absolute atomic E-state index is 0. The normalized spacial score (nSPS) is 12.5. The molecule has 0 aliphatic heterocycles. The quantitative estimate of drug-likeness (QED) is 0.266. The number of hydrogen-bond acceptors (Lipinski definition) is 4. The van der Waals surface area contributed by atoms with Crippen molar-refractivity contribution >= 4 is 24.2 Å². The van der Waals surface area contributed by atoms with Crippen LogP contribution in [0.1, 0.15) is 24.0 Å². The second-order valence-electron chi connectivity index (χ2n) is 7.70. The number of nitrogens with two attached hydrogens (primary N) is 2. The van der Waals surface area contributed by atoms with Crippen LogP contribution in [-0.2, 0) is 22.4 Å². The molecule has 6 nitrogen and oxygen atoms in total. The van der Waals surface area contributed by atoms with Crippen molar-refractivity contribution in [2.75, 3.05) is 13.1 Å². The summed E-state index contributed by atoms with van der Waals surface area (Å²) in [6, 6.07) is -0.0606. The molecular weight excluding hydrogens is 502 g/mol. The Morgan fingerprint density at radius 2 is 1.23 bits per heavy atom. The highest BCUT2D eigenvalue weighted by Gasteiger charge is 2.22. The van der Waals surface area contributed by atoms with Gasteiger partial charge in [-0.1, -0.05) is 0 Å². The third-order valence-electron chi connectivity index (χ3n) is 4.84. The van der Waals surface area contributed by atoms with Crippen LogP contribution < -0.4 is 22.1 Å². The summed E-state index contributed by atoms with van der Waals surface area (Å²) in [6.45, 7) is 0.291. The molecule has 0 bridgehead atoms. The van der Waals surface area contributed by atoms with Gasteiger partial charge in [0.15, 0.2) is 23.3 Å². The summed E-state index contributed by atoms with van der Waals surface area (Å²) < 4.78 is 81.1. The smallest absolute Gasteiger partial charge is 0.222 e. The van der Waals surface area contributed by atoms with E-state index in [-0.39, 0.29) is 55.9 Å². The van der Waals surface area contributed by atoms with E-state index in [1.807, 2.05) is 0 Å². The molecule has 13 heteroatoms. The van der Waals surface area contributed by atoms with Crippen LogP contribution in [0.25, 0.3) is 0 Å². The first-order valence-electron chi connectivity index (χ1n) is 10.3. The molecule has 2 atom stereocenters. The highest BCUT2D eigenvalue weighted by atomic mass is 35.5. The third kappa shape index (κ3) is 9.38. The summed E-state index contributed by atoms with van der Waals surface area (Å²) in [5.41, 5.74) is 10.6. The molecule has 0 heterocycles. The standard InChI is InChI=1S/C22H24F6N4O2.ClH/c23-15-9-19(27)17(25)5-11(15)3-13(30)7-22(34)32-14(8-21(33)31-2-1-29)4-12-6-18(26)20(28)10-16(12)24;/h5-6,9-10,13-14H,1-4,7-8,29-30H2,(H,31,33)(H,32,34);1H/t13-,14-;/m1./s1. The van der Waals surface area contributed by atoms with E-state index in [1.54, 1.807) is 0 Å². The van der Waals surface area contributed by atoms with Crippen LogP contribution in [0.3, 0.4) is 0 Å². The number of nitrogens with one attached hydrogen (secondary N) is 2. The van der Waals surface area contributed by atoms with E-state index in [4.69, 9.17) is 11.5 Å². The lowest BCUT2D eigenvalue weighted by molar-refractivity contribution is -0.123. The Kier molecular flexibility index (Phi) is 12.0. The van der Waals surface area contributed by atoms with Gasteiger partial charge in [-0.25, -0.2) is 26.3 Å². The SMILES string of the molecule is Cl.NCCNC(=O)C[C@@H](Cc1cc(F)c(F)cc1F)NC(=O)C[C@H](N)Cc1cc(F)c(F)cc1F. The minimum Gasteiger partial charge on any atom is -0.355 e. The Hall–Kier alpha value is -2.83. The van der Waals surface area contributed by atoms with Gasteiger partial charge < -0.3 is 22.1 Å². The molecule has 0 unspecified atom stereocenters. The zero-order chi connectivity index (χ0) is 25.4. The molecule has 194 valence electrons. The van der Waals surface area contributed by atoms with Crippen molar-refractivity contribution in [1.29, 1.82) is 0 Å². The molecule has 0 aliphatic carbocycles. The molecule has 6 N–H and O–H groups in total. The van der Waals surface area contributed by atoms with Crippen LogP contribution in [0, 0.1) is 34.9 Å². The Labute approximate surface area is 203 Å². The molecule has 0 aliphatic rings. The largest absolute Gasteiger partial charge is 0.355 e. The van der Waals surface area contributed by atoms with Gasteiger partial charge in [-0.2, -0.15) is 0 Å². The molecule has 0 spiro atoms. The van der Waals surface area contributed by atoms with Crippen molar-refractivity contribution in [2.24, 2.45) is 11.5 Å². The number of amides is 2. The summed E-state index contributed by atoms with van der Waals surface area (Å²) in [6.07, 6.45) is -1.38. The number of carbonyl (C=O) groups is 2. The van der Waals surface area contributed by atoms with Crippen molar-refractivity contribution in [2.45, 2.75) is 37.8 Å². The van der Waals surface area contributed by atoms with Crippen LogP contribution in [0.4, 0.5) is 26.3 Å². The average Bonchev–Trinajstić information content (AvgIpc) is 2.74. The molecule has 0 saturated carbocycles. The maximum atomic E-state index is 14.1. The van der Waals surface area contributed by atoms with Gasteiger partial charge in [0.25, 0.3) is 0 Å². The lowest BCUT2D eigenvalue weighted by Crippen LogP contribution is -2.43. The third-order valence-corrected chi connectivity index (χ3v) is 4.84. The zero-order valence-corrected chi connectivity index (χ0v) is 19.2. The van der Waals surface area contributed by atoms with E-state index in [0.29, 0.717) is 24.3 Å². The monoisotopic (exact) mass is 526 g/mol. The van der Waals surface area contributed by atoms with Crippen LogP contribution in [0.5, 0.6) is 0 Å². The number of carbonyl (C=O) groups excluding carboxylic acids is 2. The first-order chi connectivity index (χ1) is 16.0. The summed E-state index contributed by atoms with van der Waals surface area (Å²) in [5, 5.41) is 4.94. The van der Waals surface area contributed by atoms with E-state index in [0.717, 1.165) is 0 Å². The first kappa shape index (κ1) is 30.2. The Morgan fingerprint density at radius 1 is 0.743 bits per heavy atom. The summed E-state index contributed by atoms with van der Waals surface area (Å²) in [5.74, 6) is -8.67. The van der Waals surface area contributed by atoms with Gasteiger partial charge in [0, 0.05) is 50.1 Å². The predicted octanol–water partition coefficient (Wildman–Crippen LogP) is 2.40. The Balaban J connectivity index is 0.00000612. The first-order valence-corrected chi connectivity index (χ1v) is 10.3. The van der Waals surface area contributed by atoms with Crippen LogP contribution in [0.2, 0.25) is 0 Å². The van der Waals surface area contributed by atoms with E-state index in [9.17, 15) is 35.9 Å². The molecule has 2 aromatic carbocycles. The van der Waals surface area contributed by atoms with Gasteiger partial charge in [0.1, 0.15) is 11.6 Å². The average molecular weight is 527 g/mol. The molecule has 2 rings (SSSR count). The van der Waals surface area contributed by atoms with Crippen molar-refractivity contribution in [1.82, 2.24) is 10.6 Å². The maximum Gasteiger partial charge on any atom is 0.222 e. The summed E-state index contributed by atoms with van der Waals surface area (Å²) >= 11 is 0. The van der Waals surface area contributed by atoms with Crippen molar-refractivity contribution in [3.05, 3.63) is 70.3 Å². The number of benzene rings is 2. The molecular formula is C22H25ClF6N4O2. The molecule has 35 heavy (non-hydrogen) atoms. The second kappa shape index (κ2) is 13.9. The van der Waals surface area contributed by atoms with E-state index in [2.05, 4.69) is 10.6 Å². The van der Waals surface area contributed by atoms with Crippen LogP contribution in [0.15, 0.2) is 24.3 Å². The molecule has 0 saturated heterocycles. The Morgan fingerprint density at radius 3 is 1.74 bits per heavy atom. The lowest BCUT2D eigenvalue weighted by Gasteiger charge is -2.20. The van der Waals surface area contributed by atoms with E-state index in [1.165, 1.54) is 0 Å². The van der Waals surface area contributed by atoms with Crippen molar-refractivity contribution in [3.8, 4) is 0 Å². The van der Waals surface area contributed by atoms with Gasteiger partial charge in [-0.05, 0) is 36.1 Å². The fourth-order valence-corrected chi connectivity index (χ4v) is 3.27. The highest BCUT2D eigenvalue weighted by Crippen LogP contribution is 2.18. The maximum absolute atomic E-state index is 14.1. The summed E-state index contributed by atoms with van der Waals surface area (Å²) in [7, 11) is 0. The van der Waals surface area contributed by atoms with E-state index < -0.39 is 65.2 Å². The molecule has 2 amide bonds. The fourth-order valence-electron chi connectivity index (χ4n) is 3.27. The number of hydrogen-bond donors (Lipinski definition) is 4. The van der Waals surface area contributed by atoms with Crippen molar-refractivity contribution in [3.63, 3.8) is 0 Å². The topological polar surface area (TPSA) is 110 Å². The predicted molar refractivity (Wildman–Crippen MR) is 118 cm³/mol. The number of rotatable bonds is 11. The number of halogens is 7. The van der Waals surface area contributed by atoms with Gasteiger partial charge in [-0.15, -0.1) is 12.4 Å². The lowest BCUT2D eigenvalue weighted by atomic mass is 10.00. The molecule has 2 aromatic rings. The second-order valence-corrected chi connectivity index (χ2v) is 7.70. The van der Waals surface area contributed by atoms with Crippen LogP contribution in [-0.4, -0.2) is 37.0 Å². The molecule has 0 fully saturated rings. The summed E-state index contributed by atoms with van der Waals surface area (Å²) in [4.78, 5) is 24.5. The minimum atomic E-state index is -1.39. The van der Waals surface area contributed by atoms with Crippen molar-refractivity contribution < 1.29 is 35.9 Å². The van der Waals surface area contributed by atoms with Gasteiger partial charge >= 0.3 is 0 Å². The highest BCUT2D eigenvalue weighted by molar-refractivity contribution is 5.85. The van der Waals surface area contributed by atoms with Gasteiger partial charge in [-0.3, -0.25) is 9.59 Å².